The number of carbonyl (C=O) groups is 1. The highest BCUT2D eigenvalue weighted by Gasteiger charge is 2.26. The number of hydrogen-bond acceptors (Lipinski definition) is 3. The fraction of sp³-hybridized carbons (Fsp3) is 0.611. The van der Waals surface area contributed by atoms with Gasteiger partial charge < -0.3 is 11.1 Å². The van der Waals surface area contributed by atoms with Gasteiger partial charge in [-0.15, -0.1) is 0 Å². The smallest absolute Gasteiger partial charge is 0.223 e. The Hall–Kier alpha value is -1.55. The van der Waals surface area contributed by atoms with Crippen LogP contribution in [-0.4, -0.2) is 29.9 Å². The van der Waals surface area contributed by atoms with Crippen molar-refractivity contribution in [2.75, 3.05) is 18.8 Å². The minimum atomic E-state index is 0.165. The lowest BCUT2D eigenvalue weighted by atomic mass is 9.94. The first kappa shape index (κ1) is 16.8. The highest BCUT2D eigenvalue weighted by atomic mass is 16.1. The minimum Gasteiger partial charge on any atom is -0.399 e. The standard InChI is InChI=1S/C18H29N3O/c1-13(2)14(3)20-18(22)16-7-9-21(10-8-16)12-15-5-4-6-17(19)11-15/h4-6,11,13-14,16H,7-10,12,19H2,1-3H3,(H,20,22). The molecular weight excluding hydrogens is 274 g/mol. The molecule has 4 heteroatoms. The molecule has 1 unspecified atom stereocenters. The number of carbonyl (C=O) groups excluding carboxylic acids is 1. The van der Waals surface area contributed by atoms with Crippen LogP contribution in [0.5, 0.6) is 0 Å². The number of anilines is 1. The zero-order valence-electron chi connectivity index (χ0n) is 14.0. The average Bonchev–Trinajstić information content (AvgIpc) is 2.47. The van der Waals surface area contributed by atoms with Gasteiger partial charge in [-0.2, -0.15) is 0 Å². The Bertz CT molecular complexity index is 493. The van der Waals surface area contributed by atoms with Gasteiger partial charge in [0, 0.05) is 24.2 Å². The van der Waals surface area contributed by atoms with Gasteiger partial charge in [-0.05, 0) is 56.5 Å². The summed E-state index contributed by atoms with van der Waals surface area (Å²) in [5, 5.41) is 3.15. The van der Waals surface area contributed by atoms with Crippen LogP contribution in [0.25, 0.3) is 0 Å². The maximum absolute atomic E-state index is 12.3. The van der Waals surface area contributed by atoms with Crippen molar-refractivity contribution in [3.63, 3.8) is 0 Å². The van der Waals surface area contributed by atoms with Crippen molar-refractivity contribution in [1.29, 1.82) is 0 Å². The van der Waals surface area contributed by atoms with E-state index in [1.807, 2.05) is 18.2 Å². The summed E-state index contributed by atoms with van der Waals surface area (Å²) in [5.41, 5.74) is 7.89. The van der Waals surface area contributed by atoms with Gasteiger partial charge in [0.15, 0.2) is 0 Å². The molecule has 1 aromatic carbocycles. The number of amides is 1. The van der Waals surface area contributed by atoms with Crippen molar-refractivity contribution >= 4 is 11.6 Å². The second-order valence-corrected chi connectivity index (χ2v) is 6.84. The molecule has 1 amide bonds. The van der Waals surface area contributed by atoms with Crippen LogP contribution in [0.2, 0.25) is 0 Å². The summed E-state index contributed by atoms with van der Waals surface area (Å²) in [6, 6.07) is 8.30. The van der Waals surface area contributed by atoms with E-state index in [0.29, 0.717) is 5.92 Å². The van der Waals surface area contributed by atoms with Gasteiger partial charge >= 0.3 is 0 Å². The van der Waals surface area contributed by atoms with E-state index in [1.54, 1.807) is 0 Å². The SMILES string of the molecule is CC(C)C(C)NC(=O)C1CCN(Cc2cccc(N)c2)CC1. The van der Waals surface area contributed by atoms with Crippen molar-refractivity contribution in [2.24, 2.45) is 11.8 Å². The van der Waals surface area contributed by atoms with Crippen molar-refractivity contribution < 1.29 is 4.79 Å². The number of nitrogens with zero attached hydrogens (tertiary/aromatic N) is 1. The van der Waals surface area contributed by atoms with E-state index in [1.165, 1.54) is 5.56 Å². The van der Waals surface area contributed by atoms with Crippen molar-refractivity contribution in [3.8, 4) is 0 Å². The molecule has 0 bridgehead atoms. The fourth-order valence-electron chi connectivity index (χ4n) is 2.81. The molecule has 4 nitrogen and oxygen atoms in total. The van der Waals surface area contributed by atoms with E-state index in [4.69, 9.17) is 5.73 Å². The number of benzene rings is 1. The highest BCUT2D eigenvalue weighted by Crippen LogP contribution is 2.20. The van der Waals surface area contributed by atoms with Crippen LogP contribution in [0.1, 0.15) is 39.2 Å². The molecule has 0 aromatic heterocycles. The summed E-state index contributed by atoms with van der Waals surface area (Å²) in [6.45, 7) is 9.23. The van der Waals surface area contributed by atoms with E-state index in [2.05, 4.69) is 37.1 Å². The molecule has 2 rings (SSSR count). The highest BCUT2D eigenvalue weighted by molar-refractivity contribution is 5.79. The molecule has 1 saturated heterocycles. The number of likely N-dealkylation sites (tertiary alicyclic amines) is 1. The molecule has 0 saturated carbocycles. The van der Waals surface area contributed by atoms with Crippen LogP contribution in [0.3, 0.4) is 0 Å². The molecule has 1 fully saturated rings. The van der Waals surface area contributed by atoms with E-state index in [9.17, 15) is 4.79 Å². The Labute approximate surface area is 134 Å². The van der Waals surface area contributed by atoms with Crippen LogP contribution < -0.4 is 11.1 Å². The summed E-state index contributed by atoms with van der Waals surface area (Å²) < 4.78 is 0. The molecule has 122 valence electrons. The third-order valence-corrected chi connectivity index (χ3v) is 4.69. The van der Waals surface area contributed by atoms with Crippen LogP contribution in [-0.2, 0) is 11.3 Å². The quantitative estimate of drug-likeness (QED) is 0.822. The maximum atomic E-state index is 12.3. The fourth-order valence-corrected chi connectivity index (χ4v) is 2.81. The molecule has 1 aliphatic heterocycles. The van der Waals surface area contributed by atoms with E-state index >= 15 is 0 Å². The summed E-state index contributed by atoms with van der Waals surface area (Å²) in [6.07, 6.45) is 1.89. The number of nitrogens with one attached hydrogen (secondary N) is 1. The normalized spacial score (nSPS) is 18.4. The molecule has 0 aliphatic carbocycles. The van der Waals surface area contributed by atoms with Crippen LogP contribution in [0.4, 0.5) is 5.69 Å². The number of nitrogen functional groups attached to an aromatic ring is 1. The van der Waals surface area contributed by atoms with Crippen molar-refractivity contribution in [1.82, 2.24) is 10.2 Å². The first-order valence-corrected chi connectivity index (χ1v) is 8.33. The molecule has 1 aliphatic rings. The van der Waals surface area contributed by atoms with Gasteiger partial charge in [0.2, 0.25) is 5.91 Å². The molecular formula is C18H29N3O. The Morgan fingerprint density at radius 1 is 1.32 bits per heavy atom. The van der Waals surface area contributed by atoms with Crippen LogP contribution in [0, 0.1) is 11.8 Å². The van der Waals surface area contributed by atoms with Crippen molar-refractivity contribution in [2.45, 2.75) is 46.2 Å². The Balaban J connectivity index is 1.79. The predicted octanol–water partition coefficient (Wildman–Crippen LogP) is 2.64. The third-order valence-electron chi connectivity index (χ3n) is 4.69. The Kier molecular flexibility index (Phi) is 5.83. The number of piperidine rings is 1. The van der Waals surface area contributed by atoms with Crippen LogP contribution in [0.15, 0.2) is 24.3 Å². The van der Waals surface area contributed by atoms with E-state index in [-0.39, 0.29) is 17.9 Å². The monoisotopic (exact) mass is 303 g/mol. The summed E-state index contributed by atoms with van der Waals surface area (Å²) >= 11 is 0. The molecule has 1 heterocycles. The van der Waals surface area contributed by atoms with E-state index in [0.717, 1.165) is 38.2 Å². The van der Waals surface area contributed by atoms with Crippen molar-refractivity contribution in [3.05, 3.63) is 29.8 Å². The third kappa shape index (κ3) is 4.73. The molecule has 0 radical (unpaired) electrons. The first-order chi connectivity index (χ1) is 10.5. The van der Waals surface area contributed by atoms with Crippen LogP contribution >= 0.6 is 0 Å². The number of rotatable bonds is 5. The lowest BCUT2D eigenvalue weighted by Gasteiger charge is -2.32. The molecule has 22 heavy (non-hydrogen) atoms. The van der Waals surface area contributed by atoms with Gasteiger partial charge in [-0.3, -0.25) is 9.69 Å². The van der Waals surface area contributed by atoms with E-state index < -0.39 is 0 Å². The molecule has 0 spiro atoms. The lowest BCUT2D eigenvalue weighted by Crippen LogP contribution is -2.44. The summed E-state index contributed by atoms with van der Waals surface area (Å²) in [4.78, 5) is 14.7. The lowest BCUT2D eigenvalue weighted by molar-refractivity contribution is -0.127. The largest absolute Gasteiger partial charge is 0.399 e. The number of hydrogen-bond donors (Lipinski definition) is 2. The van der Waals surface area contributed by atoms with Gasteiger partial charge in [-0.25, -0.2) is 0 Å². The van der Waals surface area contributed by atoms with Gasteiger partial charge in [0.25, 0.3) is 0 Å². The van der Waals surface area contributed by atoms with Gasteiger partial charge in [-0.1, -0.05) is 26.0 Å². The zero-order valence-corrected chi connectivity index (χ0v) is 14.0. The van der Waals surface area contributed by atoms with Gasteiger partial charge in [0.1, 0.15) is 0 Å². The summed E-state index contributed by atoms with van der Waals surface area (Å²) in [7, 11) is 0. The Morgan fingerprint density at radius 2 is 2.00 bits per heavy atom. The first-order valence-electron chi connectivity index (χ1n) is 8.33. The average molecular weight is 303 g/mol. The topological polar surface area (TPSA) is 58.4 Å². The maximum Gasteiger partial charge on any atom is 0.223 e. The molecule has 3 N–H and O–H groups in total. The second kappa shape index (κ2) is 7.63. The molecule has 1 atom stereocenters. The Morgan fingerprint density at radius 3 is 2.59 bits per heavy atom. The molecule has 1 aromatic rings. The zero-order chi connectivity index (χ0) is 16.1. The number of nitrogens with two attached hydrogens (primary N) is 1. The summed E-state index contributed by atoms with van der Waals surface area (Å²) in [5.74, 6) is 0.871. The second-order valence-electron chi connectivity index (χ2n) is 6.84. The predicted molar refractivity (Wildman–Crippen MR) is 91.3 cm³/mol. The minimum absolute atomic E-state index is 0.165. The van der Waals surface area contributed by atoms with Gasteiger partial charge in [0.05, 0.1) is 0 Å².